The van der Waals surface area contributed by atoms with Crippen LogP contribution in [0.4, 0.5) is 9.18 Å². The molecule has 1 aromatic heterocycles. The van der Waals surface area contributed by atoms with Crippen molar-refractivity contribution < 1.29 is 23.5 Å². The molecule has 1 N–H and O–H groups in total. The van der Waals surface area contributed by atoms with Crippen LogP contribution in [0.25, 0.3) is 17.0 Å². The summed E-state index contributed by atoms with van der Waals surface area (Å²) in [7, 11) is 0. The number of hydrogen-bond acceptors (Lipinski definition) is 5. The third-order valence-corrected chi connectivity index (χ3v) is 7.89. The van der Waals surface area contributed by atoms with E-state index in [-0.39, 0.29) is 48.6 Å². The molecule has 198 valence electrons. The molecular formula is C29H30FN3O4S. The number of nitrogens with zero attached hydrogens (tertiary/aromatic N) is 2. The molecule has 1 aliphatic carbocycles. The van der Waals surface area contributed by atoms with Gasteiger partial charge in [-0.1, -0.05) is 38.0 Å². The van der Waals surface area contributed by atoms with E-state index in [4.69, 9.17) is 4.74 Å². The molecule has 2 aromatic carbocycles. The number of carbonyl (C=O) groups is 3. The number of fused-ring (bicyclic) bond motifs is 1. The number of imide groups is 1. The van der Waals surface area contributed by atoms with Gasteiger partial charge in [0.25, 0.3) is 11.1 Å². The number of benzene rings is 2. The molecule has 0 atom stereocenters. The van der Waals surface area contributed by atoms with Crippen LogP contribution in [0.5, 0.6) is 5.75 Å². The van der Waals surface area contributed by atoms with Gasteiger partial charge in [-0.3, -0.25) is 19.3 Å². The molecule has 7 nitrogen and oxygen atoms in total. The molecule has 2 aliphatic rings. The monoisotopic (exact) mass is 535 g/mol. The lowest BCUT2D eigenvalue weighted by Gasteiger charge is -2.13. The Hall–Kier alpha value is -3.59. The van der Waals surface area contributed by atoms with Crippen molar-refractivity contribution in [1.29, 1.82) is 0 Å². The first kappa shape index (κ1) is 26.0. The maximum atomic E-state index is 13.1. The quantitative estimate of drug-likeness (QED) is 0.365. The third kappa shape index (κ3) is 5.62. The molecule has 1 saturated carbocycles. The normalized spacial score (nSPS) is 17.2. The highest BCUT2D eigenvalue weighted by Crippen LogP contribution is 2.35. The minimum Gasteiger partial charge on any atom is -0.492 e. The van der Waals surface area contributed by atoms with Gasteiger partial charge < -0.3 is 14.6 Å². The fourth-order valence-corrected chi connectivity index (χ4v) is 5.96. The zero-order chi connectivity index (χ0) is 26.6. The number of carbonyl (C=O) groups excluding carboxylic acids is 3. The molecule has 0 unspecified atom stereocenters. The van der Waals surface area contributed by atoms with Crippen molar-refractivity contribution in [2.45, 2.75) is 51.6 Å². The van der Waals surface area contributed by atoms with Gasteiger partial charge in [-0.25, -0.2) is 4.39 Å². The molecule has 2 fully saturated rings. The van der Waals surface area contributed by atoms with E-state index in [0.717, 1.165) is 70.8 Å². The van der Waals surface area contributed by atoms with Gasteiger partial charge in [-0.05, 0) is 66.9 Å². The highest BCUT2D eigenvalue weighted by Gasteiger charge is 2.35. The number of hydrogen-bond donors (Lipinski definition) is 1. The van der Waals surface area contributed by atoms with E-state index in [1.54, 1.807) is 6.08 Å². The Kier molecular flexibility index (Phi) is 7.83. The summed E-state index contributed by atoms with van der Waals surface area (Å²) < 4.78 is 20.6. The Bertz CT molecular complexity index is 1390. The van der Waals surface area contributed by atoms with Crippen molar-refractivity contribution in [3.8, 4) is 5.75 Å². The van der Waals surface area contributed by atoms with Gasteiger partial charge >= 0.3 is 0 Å². The second-order valence-corrected chi connectivity index (χ2v) is 10.6. The van der Waals surface area contributed by atoms with Gasteiger partial charge in [-0.2, -0.15) is 0 Å². The van der Waals surface area contributed by atoms with Gasteiger partial charge in [0.05, 0.1) is 17.0 Å². The van der Waals surface area contributed by atoms with Crippen LogP contribution in [0.3, 0.4) is 0 Å². The van der Waals surface area contributed by atoms with E-state index in [1.165, 1.54) is 24.3 Å². The van der Waals surface area contributed by atoms with Crippen LogP contribution in [0.2, 0.25) is 0 Å². The van der Waals surface area contributed by atoms with Crippen molar-refractivity contribution in [2.24, 2.45) is 0 Å². The minimum atomic E-state index is -0.380. The number of aryl methyl sites for hydroxylation is 1. The SMILES string of the molecule is CCc1cccc2c(/C=C3\SC(=O)N(CCOc4ccc(F)cc4)C3=O)cn(CC(=O)NC3CCCC3)c12. The van der Waals surface area contributed by atoms with E-state index in [2.05, 4.69) is 12.2 Å². The average molecular weight is 536 g/mol. The van der Waals surface area contributed by atoms with Crippen LogP contribution in [0.1, 0.15) is 43.7 Å². The Morgan fingerprint density at radius 3 is 2.66 bits per heavy atom. The van der Waals surface area contributed by atoms with E-state index in [9.17, 15) is 18.8 Å². The van der Waals surface area contributed by atoms with Crippen LogP contribution < -0.4 is 10.1 Å². The van der Waals surface area contributed by atoms with E-state index in [0.29, 0.717) is 10.7 Å². The Morgan fingerprint density at radius 2 is 1.92 bits per heavy atom. The van der Waals surface area contributed by atoms with Gasteiger partial charge in [0, 0.05) is 23.2 Å². The zero-order valence-electron chi connectivity index (χ0n) is 21.2. The molecule has 5 rings (SSSR count). The fourth-order valence-electron chi connectivity index (χ4n) is 5.11. The molecule has 9 heteroatoms. The largest absolute Gasteiger partial charge is 0.492 e. The third-order valence-electron chi connectivity index (χ3n) is 6.99. The minimum absolute atomic E-state index is 0.0206. The maximum Gasteiger partial charge on any atom is 0.293 e. The summed E-state index contributed by atoms with van der Waals surface area (Å²) in [6.45, 7) is 2.46. The number of thioether (sulfide) groups is 1. The van der Waals surface area contributed by atoms with E-state index >= 15 is 0 Å². The number of halogens is 1. The lowest BCUT2D eigenvalue weighted by Crippen LogP contribution is -2.35. The van der Waals surface area contributed by atoms with Crippen LogP contribution >= 0.6 is 11.8 Å². The first-order chi connectivity index (χ1) is 18.4. The molecule has 0 spiro atoms. The number of para-hydroxylation sites is 1. The number of rotatable bonds is 9. The first-order valence-corrected chi connectivity index (χ1v) is 13.8. The topological polar surface area (TPSA) is 80.6 Å². The summed E-state index contributed by atoms with van der Waals surface area (Å²) in [6.07, 6.45) is 8.77. The highest BCUT2D eigenvalue weighted by molar-refractivity contribution is 8.18. The average Bonchev–Trinajstić information content (AvgIpc) is 3.60. The molecule has 3 amide bonds. The smallest absolute Gasteiger partial charge is 0.293 e. The lowest BCUT2D eigenvalue weighted by atomic mass is 10.1. The summed E-state index contributed by atoms with van der Waals surface area (Å²) in [5.41, 5.74) is 2.87. The molecule has 38 heavy (non-hydrogen) atoms. The van der Waals surface area contributed by atoms with Crippen molar-refractivity contribution in [1.82, 2.24) is 14.8 Å². The highest BCUT2D eigenvalue weighted by atomic mass is 32.2. The Morgan fingerprint density at radius 1 is 1.16 bits per heavy atom. The van der Waals surface area contributed by atoms with Crippen molar-refractivity contribution >= 4 is 45.8 Å². The number of ether oxygens (including phenoxy) is 1. The van der Waals surface area contributed by atoms with Crippen molar-refractivity contribution in [3.05, 3.63) is 70.5 Å². The zero-order valence-corrected chi connectivity index (χ0v) is 22.1. The van der Waals surface area contributed by atoms with Gasteiger partial charge in [0.15, 0.2) is 0 Å². The molecular weight excluding hydrogens is 505 g/mol. The second kappa shape index (κ2) is 11.4. The Labute approximate surface area is 225 Å². The number of aromatic nitrogens is 1. The molecule has 2 heterocycles. The molecule has 3 aromatic rings. The summed E-state index contributed by atoms with van der Waals surface area (Å²) in [5.74, 6) is -0.303. The standard InChI is InChI=1S/C29H30FN3O4S/c1-2-19-6-5-9-24-20(17-32(27(19)24)18-26(34)31-22-7-3-4-8-22)16-25-28(35)33(29(36)38-25)14-15-37-23-12-10-21(30)11-13-23/h5-6,9-13,16-17,22H,2-4,7-8,14-15,18H2,1H3,(H,31,34)/b25-16-. The van der Waals surface area contributed by atoms with Crippen molar-refractivity contribution in [3.63, 3.8) is 0 Å². The molecule has 1 aliphatic heterocycles. The predicted octanol–water partition coefficient (Wildman–Crippen LogP) is 5.52. The second-order valence-electron chi connectivity index (χ2n) is 9.56. The fraction of sp³-hybridized carbons (Fsp3) is 0.345. The molecule has 0 radical (unpaired) electrons. The van der Waals surface area contributed by atoms with Gasteiger partial charge in [-0.15, -0.1) is 0 Å². The number of nitrogens with one attached hydrogen (secondary N) is 1. The summed E-state index contributed by atoms with van der Waals surface area (Å²) in [5, 5.41) is 3.72. The van der Waals surface area contributed by atoms with Crippen LogP contribution in [0.15, 0.2) is 53.6 Å². The van der Waals surface area contributed by atoms with E-state index < -0.39 is 0 Å². The predicted molar refractivity (Wildman–Crippen MR) is 146 cm³/mol. The molecule has 0 bridgehead atoms. The summed E-state index contributed by atoms with van der Waals surface area (Å²) in [6, 6.07) is 11.8. The molecule has 1 saturated heterocycles. The van der Waals surface area contributed by atoms with Crippen LogP contribution in [0, 0.1) is 5.82 Å². The van der Waals surface area contributed by atoms with E-state index in [1.807, 2.05) is 29.0 Å². The first-order valence-electron chi connectivity index (χ1n) is 13.0. The van der Waals surface area contributed by atoms with Gasteiger partial charge in [0.1, 0.15) is 24.7 Å². The van der Waals surface area contributed by atoms with Crippen molar-refractivity contribution in [2.75, 3.05) is 13.2 Å². The summed E-state index contributed by atoms with van der Waals surface area (Å²) in [4.78, 5) is 40.0. The summed E-state index contributed by atoms with van der Waals surface area (Å²) >= 11 is 0.893. The lowest BCUT2D eigenvalue weighted by molar-refractivity contribution is -0.123. The maximum absolute atomic E-state index is 13.1. The Balaban J connectivity index is 1.34. The van der Waals surface area contributed by atoms with Crippen LogP contribution in [-0.4, -0.2) is 45.7 Å². The van der Waals surface area contributed by atoms with Crippen LogP contribution in [-0.2, 0) is 22.6 Å². The number of amides is 3. The van der Waals surface area contributed by atoms with Gasteiger partial charge in [0.2, 0.25) is 5.91 Å².